The lowest BCUT2D eigenvalue weighted by molar-refractivity contribution is -0.157. The third-order valence-corrected chi connectivity index (χ3v) is 3.62. The fraction of sp³-hybridized carbons (Fsp3) is 0.533. The molecule has 2 rings (SSSR count). The maximum atomic E-state index is 12.2. The molecule has 1 saturated carbocycles. The van der Waals surface area contributed by atoms with Crippen molar-refractivity contribution < 1.29 is 9.53 Å². The van der Waals surface area contributed by atoms with Crippen LogP contribution in [0.4, 0.5) is 0 Å². The second-order valence-electron chi connectivity index (χ2n) is 5.23. The van der Waals surface area contributed by atoms with E-state index in [2.05, 4.69) is 0 Å². The second kappa shape index (κ2) is 5.53. The first-order chi connectivity index (χ1) is 8.60. The zero-order chi connectivity index (χ0) is 13.0. The third-order valence-electron chi connectivity index (χ3n) is 3.62. The number of hydrogen-bond donors (Lipinski definition) is 1. The van der Waals surface area contributed by atoms with Gasteiger partial charge in [-0.25, -0.2) is 4.79 Å². The van der Waals surface area contributed by atoms with Crippen LogP contribution in [0.25, 0.3) is 0 Å². The van der Waals surface area contributed by atoms with Crippen molar-refractivity contribution in [2.45, 2.75) is 50.7 Å². The first-order valence-electron chi connectivity index (χ1n) is 6.66. The molecule has 2 N–H and O–H groups in total. The molecule has 0 saturated heterocycles. The van der Waals surface area contributed by atoms with Crippen molar-refractivity contribution in [1.82, 2.24) is 0 Å². The fourth-order valence-corrected chi connectivity index (χ4v) is 2.36. The molecular formula is C15H21NO2. The van der Waals surface area contributed by atoms with Gasteiger partial charge in [-0.1, -0.05) is 36.8 Å². The van der Waals surface area contributed by atoms with Crippen LogP contribution in [0, 0.1) is 0 Å². The molecule has 0 bridgehead atoms. The molecule has 0 aromatic heterocycles. The van der Waals surface area contributed by atoms with Gasteiger partial charge in [0.25, 0.3) is 0 Å². The molecule has 1 aliphatic carbocycles. The lowest BCUT2D eigenvalue weighted by Gasteiger charge is -2.28. The van der Waals surface area contributed by atoms with Gasteiger partial charge in [-0.2, -0.15) is 0 Å². The minimum Gasteiger partial charge on any atom is -0.461 e. The molecule has 0 aliphatic heterocycles. The number of carbonyl (C=O) groups excluding carboxylic acids is 1. The molecule has 0 heterocycles. The SMILES string of the molecule is CC(N)(C(=O)OC1CCCCC1)c1ccccc1. The van der Waals surface area contributed by atoms with Crippen molar-refractivity contribution in [2.75, 3.05) is 0 Å². The first kappa shape index (κ1) is 13.1. The Bertz CT molecular complexity index is 394. The highest BCUT2D eigenvalue weighted by Crippen LogP contribution is 2.25. The van der Waals surface area contributed by atoms with E-state index in [1.807, 2.05) is 30.3 Å². The Balaban J connectivity index is 2.03. The van der Waals surface area contributed by atoms with Crippen LogP contribution in [0.2, 0.25) is 0 Å². The van der Waals surface area contributed by atoms with E-state index in [0.717, 1.165) is 31.2 Å². The summed E-state index contributed by atoms with van der Waals surface area (Å²) in [6.45, 7) is 1.72. The molecule has 3 nitrogen and oxygen atoms in total. The fourth-order valence-electron chi connectivity index (χ4n) is 2.36. The zero-order valence-corrected chi connectivity index (χ0v) is 10.9. The Labute approximate surface area is 108 Å². The van der Waals surface area contributed by atoms with E-state index in [-0.39, 0.29) is 12.1 Å². The smallest absolute Gasteiger partial charge is 0.330 e. The van der Waals surface area contributed by atoms with Crippen molar-refractivity contribution in [1.29, 1.82) is 0 Å². The molecule has 1 aromatic carbocycles. The summed E-state index contributed by atoms with van der Waals surface area (Å²) in [4.78, 5) is 12.2. The monoisotopic (exact) mass is 247 g/mol. The molecule has 0 radical (unpaired) electrons. The summed E-state index contributed by atoms with van der Waals surface area (Å²) < 4.78 is 5.55. The van der Waals surface area contributed by atoms with Crippen molar-refractivity contribution in [2.24, 2.45) is 5.73 Å². The van der Waals surface area contributed by atoms with E-state index in [4.69, 9.17) is 10.5 Å². The van der Waals surface area contributed by atoms with Crippen LogP contribution in [-0.2, 0) is 15.1 Å². The van der Waals surface area contributed by atoms with Gasteiger partial charge in [-0.15, -0.1) is 0 Å². The molecule has 18 heavy (non-hydrogen) atoms. The van der Waals surface area contributed by atoms with Gasteiger partial charge in [-0.3, -0.25) is 0 Å². The summed E-state index contributed by atoms with van der Waals surface area (Å²) in [5.74, 6) is -0.319. The molecule has 1 unspecified atom stereocenters. The number of carbonyl (C=O) groups is 1. The standard InChI is InChI=1S/C15H21NO2/c1-15(16,12-8-4-2-5-9-12)14(17)18-13-10-6-3-7-11-13/h2,4-5,8-9,13H,3,6-7,10-11,16H2,1H3. The van der Waals surface area contributed by atoms with Gasteiger partial charge in [0.05, 0.1) is 0 Å². The van der Waals surface area contributed by atoms with Crippen molar-refractivity contribution >= 4 is 5.97 Å². The summed E-state index contributed by atoms with van der Waals surface area (Å²) in [5.41, 5.74) is 5.86. The van der Waals surface area contributed by atoms with Gasteiger partial charge in [0.15, 0.2) is 0 Å². The lowest BCUT2D eigenvalue weighted by Crippen LogP contribution is -2.44. The Hall–Kier alpha value is -1.35. The third kappa shape index (κ3) is 2.91. The topological polar surface area (TPSA) is 52.3 Å². The maximum Gasteiger partial charge on any atom is 0.330 e. The minimum atomic E-state index is -1.06. The van der Waals surface area contributed by atoms with Crippen LogP contribution in [0.15, 0.2) is 30.3 Å². The van der Waals surface area contributed by atoms with Crippen LogP contribution in [-0.4, -0.2) is 12.1 Å². The van der Waals surface area contributed by atoms with E-state index in [0.29, 0.717) is 0 Å². The van der Waals surface area contributed by atoms with E-state index in [1.54, 1.807) is 6.92 Å². The van der Waals surface area contributed by atoms with E-state index in [9.17, 15) is 4.79 Å². The van der Waals surface area contributed by atoms with Crippen LogP contribution in [0.3, 0.4) is 0 Å². The molecule has 98 valence electrons. The Morgan fingerprint density at radius 3 is 2.44 bits per heavy atom. The largest absolute Gasteiger partial charge is 0.461 e. The maximum absolute atomic E-state index is 12.2. The predicted molar refractivity (Wildman–Crippen MR) is 70.9 cm³/mol. The predicted octanol–water partition coefficient (Wildman–Crippen LogP) is 2.74. The number of benzene rings is 1. The molecule has 0 amide bonds. The Kier molecular flexibility index (Phi) is 4.02. The molecular weight excluding hydrogens is 226 g/mol. The van der Waals surface area contributed by atoms with E-state index >= 15 is 0 Å². The highest BCUT2D eigenvalue weighted by atomic mass is 16.5. The molecule has 1 aliphatic rings. The van der Waals surface area contributed by atoms with Crippen LogP contribution in [0.1, 0.15) is 44.6 Å². The van der Waals surface area contributed by atoms with Crippen LogP contribution < -0.4 is 5.73 Å². The van der Waals surface area contributed by atoms with Gasteiger partial charge in [-0.05, 0) is 38.2 Å². The summed E-state index contributed by atoms with van der Waals surface area (Å²) in [5, 5.41) is 0. The van der Waals surface area contributed by atoms with Crippen LogP contribution >= 0.6 is 0 Å². The van der Waals surface area contributed by atoms with E-state index in [1.165, 1.54) is 6.42 Å². The van der Waals surface area contributed by atoms with Crippen molar-refractivity contribution in [3.8, 4) is 0 Å². The van der Waals surface area contributed by atoms with Crippen LogP contribution in [0.5, 0.6) is 0 Å². The molecule has 1 fully saturated rings. The average molecular weight is 247 g/mol. The van der Waals surface area contributed by atoms with Gasteiger partial charge < -0.3 is 10.5 Å². The summed E-state index contributed by atoms with van der Waals surface area (Å²) >= 11 is 0. The number of esters is 1. The number of ether oxygens (including phenoxy) is 1. The quantitative estimate of drug-likeness (QED) is 0.836. The molecule has 1 atom stereocenters. The van der Waals surface area contributed by atoms with Gasteiger partial charge in [0.2, 0.25) is 0 Å². The number of hydrogen-bond acceptors (Lipinski definition) is 3. The average Bonchev–Trinajstić information content (AvgIpc) is 2.41. The van der Waals surface area contributed by atoms with Gasteiger partial charge >= 0.3 is 5.97 Å². The Morgan fingerprint density at radius 2 is 1.83 bits per heavy atom. The molecule has 3 heteroatoms. The first-order valence-corrected chi connectivity index (χ1v) is 6.66. The zero-order valence-electron chi connectivity index (χ0n) is 10.9. The van der Waals surface area contributed by atoms with Gasteiger partial charge in [0.1, 0.15) is 11.6 Å². The van der Waals surface area contributed by atoms with Crippen molar-refractivity contribution in [3.05, 3.63) is 35.9 Å². The minimum absolute atomic E-state index is 0.0536. The number of rotatable bonds is 3. The lowest BCUT2D eigenvalue weighted by atomic mass is 9.92. The molecule has 1 aromatic rings. The summed E-state index contributed by atoms with van der Waals surface area (Å²) in [7, 11) is 0. The second-order valence-corrected chi connectivity index (χ2v) is 5.23. The van der Waals surface area contributed by atoms with Gasteiger partial charge in [0, 0.05) is 0 Å². The highest BCUT2D eigenvalue weighted by molar-refractivity contribution is 5.82. The number of nitrogens with two attached hydrogens (primary N) is 1. The summed E-state index contributed by atoms with van der Waals surface area (Å²) in [6.07, 6.45) is 5.52. The van der Waals surface area contributed by atoms with E-state index < -0.39 is 5.54 Å². The summed E-state index contributed by atoms with van der Waals surface area (Å²) in [6, 6.07) is 9.40. The highest BCUT2D eigenvalue weighted by Gasteiger charge is 2.34. The normalized spacial score (nSPS) is 20.1. The Morgan fingerprint density at radius 1 is 1.22 bits per heavy atom. The van der Waals surface area contributed by atoms with Crippen molar-refractivity contribution in [3.63, 3.8) is 0 Å². The molecule has 0 spiro atoms.